The van der Waals surface area contributed by atoms with Gasteiger partial charge in [-0.15, -0.1) is 0 Å². The van der Waals surface area contributed by atoms with E-state index in [0.29, 0.717) is 11.6 Å². The fourth-order valence-corrected chi connectivity index (χ4v) is 4.56. The number of hydrogen-bond acceptors (Lipinski definition) is 4. The van der Waals surface area contributed by atoms with Crippen molar-refractivity contribution in [3.8, 4) is 11.3 Å². The molecule has 7 nitrogen and oxygen atoms in total. The summed E-state index contributed by atoms with van der Waals surface area (Å²) in [4.78, 5) is 16.3. The maximum absolute atomic E-state index is 11.7. The molecule has 0 aliphatic heterocycles. The van der Waals surface area contributed by atoms with Gasteiger partial charge in [0.25, 0.3) is 5.91 Å². The molecule has 1 saturated carbocycles. The first kappa shape index (κ1) is 17.6. The largest absolute Gasteiger partial charge is 0.364 e. The van der Waals surface area contributed by atoms with Crippen molar-refractivity contribution < 1.29 is 4.79 Å². The van der Waals surface area contributed by atoms with E-state index in [0.717, 1.165) is 35.4 Å². The average Bonchev–Trinajstić information content (AvgIpc) is 3.31. The van der Waals surface area contributed by atoms with Crippen LogP contribution < -0.4 is 5.73 Å². The number of rotatable bonds is 4. The van der Waals surface area contributed by atoms with Gasteiger partial charge in [0.1, 0.15) is 12.0 Å². The highest BCUT2D eigenvalue weighted by molar-refractivity contribution is 5.92. The Morgan fingerprint density at radius 2 is 1.93 bits per heavy atom. The van der Waals surface area contributed by atoms with Crippen molar-refractivity contribution in [3.05, 3.63) is 71.9 Å². The smallest absolute Gasteiger partial charge is 0.267 e. The summed E-state index contributed by atoms with van der Waals surface area (Å²) in [6, 6.07) is 15.8. The van der Waals surface area contributed by atoms with Gasteiger partial charge in [-0.05, 0) is 48.6 Å². The van der Waals surface area contributed by atoms with Gasteiger partial charge in [0, 0.05) is 12.6 Å². The Morgan fingerprint density at radius 1 is 1.14 bits per heavy atom. The molecule has 29 heavy (non-hydrogen) atoms. The van der Waals surface area contributed by atoms with Crippen LogP contribution in [0.15, 0.2) is 54.9 Å². The lowest BCUT2D eigenvalue weighted by Gasteiger charge is -2.45. The zero-order valence-corrected chi connectivity index (χ0v) is 16.4. The predicted octanol–water partition coefficient (Wildman–Crippen LogP) is 2.94. The lowest BCUT2D eigenvalue weighted by Crippen LogP contribution is -2.42. The number of primary amides is 1. The number of nitrogens with two attached hydrogens (primary N) is 1. The molecule has 146 valence electrons. The summed E-state index contributed by atoms with van der Waals surface area (Å²) in [5.74, 6) is 1.01. The van der Waals surface area contributed by atoms with Crippen LogP contribution >= 0.6 is 0 Å². The molecule has 3 aromatic heterocycles. The summed E-state index contributed by atoms with van der Waals surface area (Å²) < 4.78 is 3.36. The predicted molar refractivity (Wildman–Crippen MR) is 109 cm³/mol. The molecule has 0 radical (unpaired) electrons. The molecule has 1 aliphatic rings. The topological polar surface area (TPSA) is 91.1 Å². The number of amides is 1. The van der Waals surface area contributed by atoms with Gasteiger partial charge in [0.2, 0.25) is 0 Å². The van der Waals surface area contributed by atoms with Crippen LogP contribution in [0.25, 0.3) is 16.8 Å². The molecule has 2 N–H and O–H groups in total. The molecule has 5 rings (SSSR count). The van der Waals surface area contributed by atoms with Crippen LogP contribution in [0.3, 0.4) is 0 Å². The molecular weight excluding hydrogens is 364 g/mol. The van der Waals surface area contributed by atoms with Crippen molar-refractivity contribution in [1.29, 1.82) is 0 Å². The normalized spacial score (nSPS) is 21.2. The minimum absolute atomic E-state index is 0.159. The second-order valence-corrected chi connectivity index (χ2v) is 8.06. The van der Waals surface area contributed by atoms with Crippen molar-refractivity contribution in [2.75, 3.05) is 0 Å². The van der Waals surface area contributed by atoms with Crippen molar-refractivity contribution in [2.24, 2.45) is 18.7 Å². The van der Waals surface area contributed by atoms with Crippen LogP contribution in [0, 0.1) is 5.92 Å². The highest BCUT2D eigenvalue weighted by Gasteiger charge is 2.47. The average molecular weight is 386 g/mol. The van der Waals surface area contributed by atoms with E-state index in [2.05, 4.69) is 40.3 Å². The maximum Gasteiger partial charge on any atom is 0.267 e. The number of hydrogen-bond donors (Lipinski definition) is 1. The number of nitrogens with zero attached hydrogens (tertiary/aromatic N) is 5. The van der Waals surface area contributed by atoms with E-state index in [4.69, 9.17) is 5.73 Å². The van der Waals surface area contributed by atoms with Crippen molar-refractivity contribution in [2.45, 2.75) is 25.2 Å². The Kier molecular flexibility index (Phi) is 3.81. The van der Waals surface area contributed by atoms with Crippen molar-refractivity contribution in [3.63, 3.8) is 0 Å². The number of pyridine rings is 1. The summed E-state index contributed by atoms with van der Waals surface area (Å²) in [5, 5.41) is 9.26. The number of fused-ring (bicyclic) bond motifs is 1. The number of carbonyl (C=O) groups excluding carboxylic acids is 1. The SMILES string of the molecule is CC1CC(c2cccc(-c3cc4cccc(C(N)=O)n4n3)c2)(c2ncn(C)n2)C1. The third kappa shape index (κ3) is 2.73. The molecule has 0 atom stereocenters. The lowest BCUT2D eigenvalue weighted by molar-refractivity contribution is 0.0993. The lowest BCUT2D eigenvalue weighted by atomic mass is 9.58. The van der Waals surface area contributed by atoms with E-state index >= 15 is 0 Å². The fraction of sp³-hybridized carbons (Fsp3) is 0.273. The highest BCUT2D eigenvalue weighted by atomic mass is 16.1. The van der Waals surface area contributed by atoms with E-state index in [1.54, 1.807) is 21.6 Å². The summed E-state index contributed by atoms with van der Waals surface area (Å²) in [6.07, 6.45) is 3.81. The Morgan fingerprint density at radius 3 is 2.62 bits per heavy atom. The third-order valence-corrected chi connectivity index (χ3v) is 5.87. The first-order valence-corrected chi connectivity index (χ1v) is 9.72. The molecule has 3 heterocycles. The van der Waals surface area contributed by atoms with E-state index in [-0.39, 0.29) is 5.41 Å². The van der Waals surface area contributed by atoms with Crippen molar-refractivity contribution >= 4 is 11.4 Å². The number of aryl methyl sites for hydroxylation is 1. The number of carbonyl (C=O) groups is 1. The van der Waals surface area contributed by atoms with Crippen LogP contribution in [-0.4, -0.2) is 30.3 Å². The van der Waals surface area contributed by atoms with Gasteiger partial charge in [0.15, 0.2) is 5.82 Å². The minimum Gasteiger partial charge on any atom is -0.364 e. The molecule has 0 unspecified atom stereocenters. The molecule has 4 aromatic rings. The van der Waals surface area contributed by atoms with Gasteiger partial charge >= 0.3 is 0 Å². The number of aromatic nitrogens is 5. The third-order valence-electron chi connectivity index (χ3n) is 5.87. The molecule has 0 bridgehead atoms. The summed E-state index contributed by atoms with van der Waals surface area (Å²) in [6.45, 7) is 2.26. The fourth-order valence-electron chi connectivity index (χ4n) is 4.56. The first-order valence-electron chi connectivity index (χ1n) is 9.72. The van der Waals surface area contributed by atoms with Gasteiger partial charge in [-0.1, -0.05) is 31.2 Å². The molecule has 1 aliphatic carbocycles. The van der Waals surface area contributed by atoms with E-state index < -0.39 is 5.91 Å². The Bertz CT molecular complexity index is 1230. The second kappa shape index (κ2) is 6.27. The van der Waals surface area contributed by atoms with Gasteiger partial charge in [-0.25, -0.2) is 9.50 Å². The Hall–Kier alpha value is -3.48. The quantitative estimate of drug-likeness (QED) is 0.584. The Labute approximate surface area is 168 Å². The molecule has 7 heteroatoms. The van der Waals surface area contributed by atoms with Gasteiger partial charge in [-0.2, -0.15) is 10.2 Å². The van der Waals surface area contributed by atoms with E-state index in [1.165, 1.54) is 5.56 Å². The zero-order valence-electron chi connectivity index (χ0n) is 16.4. The van der Waals surface area contributed by atoms with Gasteiger partial charge in [-0.3, -0.25) is 9.48 Å². The second-order valence-electron chi connectivity index (χ2n) is 8.06. The molecule has 0 spiro atoms. The van der Waals surface area contributed by atoms with E-state index in [1.807, 2.05) is 31.3 Å². The minimum atomic E-state index is -0.498. The molecule has 0 saturated heterocycles. The van der Waals surface area contributed by atoms with Crippen LogP contribution in [0.2, 0.25) is 0 Å². The van der Waals surface area contributed by atoms with Crippen molar-refractivity contribution in [1.82, 2.24) is 24.4 Å². The first-order chi connectivity index (χ1) is 14.0. The zero-order chi connectivity index (χ0) is 20.2. The standard InChI is InChI=1S/C22H22N6O/c1-14-11-22(12-14,21-24-13-27(2)26-21)16-6-3-5-15(9-16)18-10-17-7-4-8-19(20(23)29)28(17)25-18/h3-10,13-14H,11-12H2,1-2H3,(H2,23,29). The Balaban J connectivity index is 1.61. The van der Waals surface area contributed by atoms with Crippen LogP contribution in [0.5, 0.6) is 0 Å². The van der Waals surface area contributed by atoms with E-state index in [9.17, 15) is 4.79 Å². The molecular formula is C22H22N6O. The molecule has 1 fully saturated rings. The highest BCUT2D eigenvalue weighted by Crippen LogP contribution is 2.51. The number of benzene rings is 1. The van der Waals surface area contributed by atoms with Gasteiger partial charge in [0.05, 0.1) is 16.6 Å². The van der Waals surface area contributed by atoms with Crippen LogP contribution in [0.4, 0.5) is 0 Å². The summed E-state index contributed by atoms with van der Waals surface area (Å²) in [7, 11) is 1.90. The summed E-state index contributed by atoms with van der Waals surface area (Å²) >= 11 is 0. The summed E-state index contributed by atoms with van der Waals surface area (Å²) in [5.41, 5.74) is 9.54. The van der Waals surface area contributed by atoms with Crippen LogP contribution in [0.1, 0.15) is 41.6 Å². The molecule has 1 aromatic carbocycles. The van der Waals surface area contributed by atoms with Crippen LogP contribution in [-0.2, 0) is 12.5 Å². The monoisotopic (exact) mass is 386 g/mol. The maximum atomic E-state index is 11.7. The van der Waals surface area contributed by atoms with Gasteiger partial charge < -0.3 is 5.73 Å². The molecule has 1 amide bonds.